The van der Waals surface area contributed by atoms with Gasteiger partial charge in [-0.25, -0.2) is 0 Å². The van der Waals surface area contributed by atoms with Gasteiger partial charge in [-0.2, -0.15) is 13.2 Å². The summed E-state index contributed by atoms with van der Waals surface area (Å²) in [5.41, 5.74) is 2.81. The highest BCUT2D eigenvalue weighted by Gasteiger charge is 2.52. The lowest BCUT2D eigenvalue weighted by Gasteiger charge is -2.27. The maximum Gasteiger partial charge on any atom is 0.413 e. The Bertz CT molecular complexity index is 354. The van der Waals surface area contributed by atoms with Gasteiger partial charge in [0.25, 0.3) is 0 Å². The van der Waals surface area contributed by atoms with Crippen LogP contribution in [0.25, 0.3) is 0 Å². The molecule has 1 atom stereocenters. The number of hydrogen-bond acceptors (Lipinski definition) is 3. The molecular weight excluding hydrogens is 221 g/mol. The number of aromatic nitrogens is 3. The summed E-state index contributed by atoms with van der Waals surface area (Å²) >= 11 is 0. The first kappa shape index (κ1) is 13.0. The Morgan fingerprint density at radius 3 is 2.44 bits per heavy atom. The largest absolute Gasteiger partial charge is 0.413 e. The minimum Gasteiger partial charge on any atom is -0.315 e. The molecule has 1 aromatic heterocycles. The predicted octanol–water partition coefficient (Wildman–Crippen LogP) is 1.67. The maximum atomic E-state index is 12.7. The molecule has 2 N–H and O–H groups in total. The highest BCUT2D eigenvalue weighted by Crippen LogP contribution is 2.35. The van der Waals surface area contributed by atoms with Gasteiger partial charge in [-0.3, -0.25) is 0 Å². The summed E-state index contributed by atoms with van der Waals surface area (Å²) in [6.45, 7) is 5.09. The molecule has 92 valence electrons. The maximum absolute atomic E-state index is 12.7. The van der Waals surface area contributed by atoms with Crippen LogP contribution >= 0.6 is 0 Å². The molecule has 1 unspecified atom stereocenters. The molecular formula is C9H15F3N4. The standard InChI is InChI=1S/C9H15F3N4/c1-6(2)4-16-5-14-15-7(16)8(3,13)9(10,11)12/h5-6H,4,13H2,1-3H3. The number of rotatable bonds is 3. The third-order valence-electron chi connectivity index (χ3n) is 2.23. The van der Waals surface area contributed by atoms with Gasteiger partial charge in [0.1, 0.15) is 6.33 Å². The van der Waals surface area contributed by atoms with E-state index in [1.165, 1.54) is 10.9 Å². The fraction of sp³-hybridized carbons (Fsp3) is 0.778. The number of halogens is 3. The normalized spacial score (nSPS) is 16.5. The Morgan fingerprint density at radius 1 is 1.44 bits per heavy atom. The number of nitrogens with two attached hydrogens (primary N) is 1. The number of alkyl halides is 3. The van der Waals surface area contributed by atoms with E-state index in [1.54, 1.807) is 0 Å². The summed E-state index contributed by atoms with van der Waals surface area (Å²) in [4.78, 5) is 0. The first-order chi connectivity index (χ1) is 7.16. The molecule has 1 aromatic rings. The third kappa shape index (κ3) is 2.34. The lowest BCUT2D eigenvalue weighted by Crippen LogP contribution is -2.49. The van der Waals surface area contributed by atoms with Crippen LogP contribution in [0.2, 0.25) is 0 Å². The highest BCUT2D eigenvalue weighted by atomic mass is 19.4. The average Bonchev–Trinajstić information content (AvgIpc) is 2.49. The smallest absolute Gasteiger partial charge is 0.315 e. The zero-order chi connectivity index (χ0) is 12.6. The molecule has 0 aliphatic heterocycles. The SMILES string of the molecule is CC(C)Cn1cnnc1C(C)(N)C(F)(F)F. The Balaban J connectivity index is 3.09. The van der Waals surface area contributed by atoms with Crippen molar-refractivity contribution < 1.29 is 13.2 Å². The molecule has 0 saturated heterocycles. The molecule has 0 aromatic carbocycles. The van der Waals surface area contributed by atoms with Gasteiger partial charge < -0.3 is 10.3 Å². The second-order valence-electron chi connectivity index (χ2n) is 4.40. The zero-order valence-electron chi connectivity index (χ0n) is 9.41. The van der Waals surface area contributed by atoms with Crippen molar-refractivity contribution in [1.29, 1.82) is 0 Å². The van der Waals surface area contributed by atoms with Gasteiger partial charge >= 0.3 is 6.18 Å². The number of nitrogens with zero attached hydrogens (tertiary/aromatic N) is 3. The van der Waals surface area contributed by atoms with E-state index in [-0.39, 0.29) is 11.7 Å². The second kappa shape index (κ2) is 4.04. The van der Waals surface area contributed by atoms with Crippen molar-refractivity contribution in [2.75, 3.05) is 0 Å². The lowest BCUT2D eigenvalue weighted by molar-refractivity contribution is -0.187. The van der Waals surface area contributed by atoms with E-state index in [1.807, 2.05) is 13.8 Å². The first-order valence-electron chi connectivity index (χ1n) is 4.90. The summed E-state index contributed by atoms with van der Waals surface area (Å²) in [5, 5.41) is 6.96. The monoisotopic (exact) mass is 236 g/mol. The molecule has 7 heteroatoms. The first-order valence-corrected chi connectivity index (χ1v) is 4.90. The molecule has 16 heavy (non-hydrogen) atoms. The van der Waals surface area contributed by atoms with Crippen LogP contribution in [0.1, 0.15) is 26.6 Å². The van der Waals surface area contributed by atoms with E-state index in [9.17, 15) is 13.2 Å². The Kier molecular flexibility index (Phi) is 3.27. The molecule has 1 heterocycles. The van der Waals surface area contributed by atoms with Gasteiger partial charge in [0.15, 0.2) is 11.4 Å². The highest BCUT2D eigenvalue weighted by molar-refractivity contribution is 5.07. The van der Waals surface area contributed by atoms with Crippen LogP contribution in [0.4, 0.5) is 13.2 Å². The van der Waals surface area contributed by atoms with Gasteiger partial charge in [0.2, 0.25) is 0 Å². The summed E-state index contributed by atoms with van der Waals surface area (Å²) in [6.07, 6.45) is -3.28. The third-order valence-corrected chi connectivity index (χ3v) is 2.23. The van der Waals surface area contributed by atoms with Crippen molar-refractivity contribution in [1.82, 2.24) is 14.8 Å². The van der Waals surface area contributed by atoms with Crippen molar-refractivity contribution in [2.45, 2.75) is 39.0 Å². The Hall–Kier alpha value is -1.11. The van der Waals surface area contributed by atoms with E-state index in [2.05, 4.69) is 10.2 Å². The number of hydrogen-bond donors (Lipinski definition) is 1. The van der Waals surface area contributed by atoms with E-state index in [0.29, 0.717) is 6.54 Å². The minimum atomic E-state index is -4.55. The van der Waals surface area contributed by atoms with Gasteiger partial charge in [-0.05, 0) is 12.8 Å². The molecule has 1 rings (SSSR count). The fourth-order valence-corrected chi connectivity index (χ4v) is 1.31. The topological polar surface area (TPSA) is 56.7 Å². The van der Waals surface area contributed by atoms with Crippen LogP contribution in [0.15, 0.2) is 6.33 Å². The van der Waals surface area contributed by atoms with E-state index in [0.717, 1.165) is 6.92 Å². The zero-order valence-corrected chi connectivity index (χ0v) is 9.41. The molecule has 0 aliphatic carbocycles. The quantitative estimate of drug-likeness (QED) is 0.868. The summed E-state index contributed by atoms with van der Waals surface area (Å²) < 4.78 is 39.5. The molecule has 0 saturated carbocycles. The minimum absolute atomic E-state index is 0.193. The van der Waals surface area contributed by atoms with Crippen LogP contribution in [-0.2, 0) is 12.1 Å². The van der Waals surface area contributed by atoms with Crippen LogP contribution in [0, 0.1) is 5.92 Å². The summed E-state index contributed by atoms with van der Waals surface area (Å²) in [6, 6.07) is 0. The molecule has 0 aliphatic rings. The molecule has 0 fully saturated rings. The van der Waals surface area contributed by atoms with Gasteiger partial charge in [0, 0.05) is 6.54 Å². The second-order valence-corrected chi connectivity index (χ2v) is 4.40. The van der Waals surface area contributed by atoms with Crippen molar-refractivity contribution >= 4 is 0 Å². The molecule has 0 amide bonds. The average molecular weight is 236 g/mol. The van der Waals surface area contributed by atoms with Gasteiger partial charge in [0.05, 0.1) is 0 Å². The van der Waals surface area contributed by atoms with Crippen LogP contribution in [0.5, 0.6) is 0 Å². The molecule has 0 bridgehead atoms. The predicted molar refractivity (Wildman–Crippen MR) is 52.5 cm³/mol. The van der Waals surface area contributed by atoms with Crippen molar-refractivity contribution in [2.24, 2.45) is 11.7 Å². The summed E-state index contributed by atoms with van der Waals surface area (Å²) in [5.74, 6) is -0.0625. The van der Waals surface area contributed by atoms with Crippen LogP contribution in [-0.4, -0.2) is 20.9 Å². The molecule has 4 nitrogen and oxygen atoms in total. The van der Waals surface area contributed by atoms with Gasteiger partial charge in [-0.15, -0.1) is 10.2 Å². The fourth-order valence-electron chi connectivity index (χ4n) is 1.31. The van der Waals surface area contributed by atoms with Crippen LogP contribution < -0.4 is 5.73 Å². The lowest BCUT2D eigenvalue weighted by atomic mass is 10.0. The van der Waals surface area contributed by atoms with E-state index < -0.39 is 11.7 Å². The van der Waals surface area contributed by atoms with Crippen molar-refractivity contribution in [3.63, 3.8) is 0 Å². The van der Waals surface area contributed by atoms with Gasteiger partial charge in [-0.1, -0.05) is 13.8 Å². The van der Waals surface area contributed by atoms with Crippen LogP contribution in [0.3, 0.4) is 0 Å². The van der Waals surface area contributed by atoms with E-state index in [4.69, 9.17) is 5.73 Å². The van der Waals surface area contributed by atoms with E-state index >= 15 is 0 Å². The summed E-state index contributed by atoms with van der Waals surface area (Å²) in [7, 11) is 0. The van der Waals surface area contributed by atoms with Crippen molar-refractivity contribution in [3.8, 4) is 0 Å². The molecule has 0 radical (unpaired) electrons. The van der Waals surface area contributed by atoms with Crippen molar-refractivity contribution in [3.05, 3.63) is 12.2 Å². The Morgan fingerprint density at radius 2 is 2.00 bits per heavy atom. The molecule has 0 spiro atoms. The Labute approximate surface area is 91.6 Å².